The Bertz CT molecular complexity index is 1060. The van der Waals surface area contributed by atoms with Gasteiger partial charge in [-0.1, -0.05) is 12.1 Å². The molecular formula is C20H17F3N6O. The normalized spacial score (nSPS) is 11.0. The number of nitrogens with one attached hydrogen (secondary N) is 1. The lowest BCUT2D eigenvalue weighted by atomic mass is 10.1. The molecule has 7 nitrogen and oxygen atoms in total. The van der Waals surface area contributed by atoms with Crippen molar-refractivity contribution in [3.8, 4) is 23.2 Å². The second-order valence-electron chi connectivity index (χ2n) is 6.23. The number of rotatable bonds is 7. The van der Waals surface area contributed by atoms with Crippen molar-refractivity contribution in [2.45, 2.75) is 19.0 Å². The lowest BCUT2D eigenvalue weighted by Crippen LogP contribution is -2.07. The number of halogens is 3. The van der Waals surface area contributed by atoms with Crippen LogP contribution in [0.1, 0.15) is 23.5 Å². The molecule has 0 unspecified atom stereocenters. The highest BCUT2D eigenvalue weighted by Crippen LogP contribution is 2.31. The summed E-state index contributed by atoms with van der Waals surface area (Å²) in [6.45, 7) is 0.560. The average Bonchev–Trinajstić information content (AvgIpc) is 2.76. The molecule has 0 bridgehead atoms. The Balaban J connectivity index is 1.71. The van der Waals surface area contributed by atoms with Gasteiger partial charge in [0.15, 0.2) is 0 Å². The van der Waals surface area contributed by atoms with E-state index in [4.69, 9.17) is 4.74 Å². The van der Waals surface area contributed by atoms with E-state index in [2.05, 4.69) is 25.3 Å². The quantitative estimate of drug-likeness (QED) is 0.586. The number of methoxy groups -OCH3 is 1. The molecule has 0 fully saturated rings. The van der Waals surface area contributed by atoms with Crippen LogP contribution in [0.25, 0.3) is 11.3 Å². The van der Waals surface area contributed by atoms with Crippen LogP contribution in [0, 0.1) is 11.3 Å². The van der Waals surface area contributed by atoms with Crippen molar-refractivity contribution in [2.24, 2.45) is 0 Å². The number of hydrogen-bond donors (Lipinski definition) is 1. The van der Waals surface area contributed by atoms with Gasteiger partial charge in [0.25, 0.3) is 0 Å². The van der Waals surface area contributed by atoms with Crippen molar-refractivity contribution in [1.29, 1.82) is 5.26 Å². The molecule has 0 aliphatic carbocycles. The minimum Gasteiger partial charge on any atom is -0.481 e. The molecule has 2 heterocycles. The van der Waals surface area contributed by atoms with Crippen LogP contribution in [-0.2, 0) is 12.6 Å². The molecule has 0 amide bonds. The summed E-state index contributed by atoms with van der Waals surface area (Å²) in [6, 6.07) is 9.95. The number of nitrogens with zero attached hydrogens (tertiary/aromatic N) is 5. The third-order valence-electron chi connectivity index (χ3n) is 4.13. The molecule has 3 aromatic rings. The summed E-state index contributed by atoms with van der Waals surface area (Å²) in [5.41, 5.74) is 0.339. The van der Waals surface area contributed by atoms with Gasteiger partial charge in [0, 0.05) is 23.9 Å². The van der Waals surface area contributed by atoms with Gasteiger partial charge in [-0.2, -0.15) is 18.4 Å². The Kier molecular flexibility index (Phi) is 6.41. The minimum atomic E-state index is -4.46. The fraction of sp³-hybridized carbons (Fsp3) is 0.250. The number of nitriles is 1. The molecule has 0 radical (unpaired) electrons. The number of alkyl halides is 3. The first-order valence-electron chi connectivity index (χ1n) is 8.94. The molecule has 2 aromatic heterocycles. The molecule has 0 aliphatic rings. The number of ether oxygens (including phenoxy) is 1. The summed E-state index contributed by atoms with van der Waals surface area (Å²) in [6.07, 6.45) is -1.93. The highest BCUT2D eigenvalue weighted by Gasteiger charge is 2.30. The van der Waals surface area contributed by atoms with Crippen LogP contribution < -0.4 is 10.1 Å². The summed E-state index contributed by atoms with van der Waals surface area (Å²) < 4.78 is 44.0. The van der Waals surface area contributed by atoms with E-state index in [0.717, 1.165) is 12.1 Å². The van der Waals surface area contributed by atoms with Gasteiger partial charge >= 0.3 is 6.18 Å². The first kappa shape index (κ1) is 21.0. The van der Waals surface area contributed by atoms with Crippen LogP contribution in [0.3, 0.4) is 0 Å². The molecule has 0 saturated carbocycles. The summed E-state index contributed by atoms with van der Waals surface area (Å²) in [5, 5.41) is 12.3. The molecular weight excluding hydrogens is 397 g/mol. The Hall–Kier alpha value is -3.74. The van der Waals surface area contributed by atoms with E-state index in [1.165, 1.54) is 25.6 Å². The lowest BCUT2D eigenvalue weighted by molar-refractivity contribution is -0.137. The SMILES string of the molecule is COc1cc(NCCCc2cc(-c3cccc(C(F)(F)F)c3)nc(C#N)n2)ncn1. The standard InChI is InChI=1S/C20H17F3N6O/c1-30-19-10-17(26-12-27-19)25-7-3-6-15-9-16(29-18(11-24)28-15)13-4-2-5-14(8-13)20(21,22)23/h2,4-5,8-10,12H,3,6-7H2,1H3,(H,25,26,27). The number of aryl methyl sites for hydroxylation is 1. The van der Waals surface area contributed by atoms with Gasteiger partial charge < -0.3 is 10.1 Å². The van der Waals surface area contributed by atoms with Gasteiger partial charge in [0.05, 0.1) is 18.4 Å². The van der Waals surface area contributed by atoms with Crippen molar-refractivity contribution < 1.29 is 17.9 Å². The van der Waals surface area contributed by atoms with Crippen LogP contribution in [0.15, 0.2) is 42.7 Å². The predicted molar refractivity (Wildman–Crippen MR) is 103 cm³/mol. The monoisotopic (exact) mass is 414 g/mol. The maximum atomic E-state index is 13.0. The van der Waals surface area contributed by atoms with E-state index >= 15 is 0 Å². The third-order valence-corrected chi connectivity index (χ3v) is 4.13. The van der Waals surface area contributed by atoms with Gasteiger partial charge in [-0.15, -0.1) is 0 Å². The Morgan fingerprint density at radius 3 is 2.70 bits per heavy atom. The molecule has 3 rings (SSSR count). The number of benzene rings is 1. The fourth-order valence-electron chi connectivity index (χ4n) is 2.71. The first-order valence-corrected chi connectivity index (χ1v) is 8.94. The van der Waals surface area contributed by atoms with E-state index in [1.807, 2.05) is 6.07 Å². The number of aromatic nitrogens is 4. The highest BCUT2D eigenvalue weighted by atomic mass is 19.4. The molecule has 1 N–H and O–H groups in total. The lowest BCUT2D eigenvalue weighted by Gasteiger charge is -2.10. The largest absolute Gasteiger partial charge is 0.481 e. The van der Waals surface area contributed by atoms with Gasteiger partial charge in [-0.3, -0.25) is 0 Å². The molecule has 0 atom stereocenters. The van der Waals surface area contributed by atoms with Crippen molar-refractivity contribution in [2.75, 3.05) is 19.0 Å². The molecule has 0 saturated heterocycles. The van der Waals surface area contributed by atoms with E-state index in [9.17, 15) is 18.4 Å². The van der Waals surface area contributed by atoms with E-state index in [-0.39, 0.29) is 17.1 Å². The first-order chi connectivity index (χ1) is 14.4. The summed E-state index contributed by atoms with van der Waals surface area (Å²) in [5.74, 6) is 0.952. The molecule has 1 aromatic carbocycles. The number of hydrogen-bond acceptors (Lipinski definition) is 7. The smallest absolute Gasteiger partial charge is 0.416 e. The van der Waals surface area contributed by atoms with Gasteiger partial charge in [-0.25, -0.2) is 19.9 Å². The van der Waals surface area contributed by atoms with Crippen molar-refractivity contribution in [1.82, 2.24) is 19.9 Å². The van der Waals surface area contributed by atoms with Crippen LogP contribution in [0.2, 0.25) is 0 Å². The van der Waals surface area contributed by atoms with E-state index in [1.54, 1.807) is 12.1 Å². The van der Waals surface area contributed by atoms with Gasteiger partial charge in [-0.05, 0) is 31.0 Å². The van der Waals surface area contributed by atoms with Crippen LogP contribution in [-0.4, -0.2) is 33.6 Å². The molecule has 10 heteroatoms. The Morgan fingerprint density at radius 1 is 1.13 bits per heavy atom. The zero-order valence-electron chi connectivity index (χ0n) is 15.9. The third kappa shape index (κ3) is 5.41. The molecule has 0 aliphatic heterocycles. The molecule has 154 valence electrons. The van der Waals surface area contributed by atoms with Crippen LogP contribution in [0.4, 0.5) is 19.0 Å². The number of anilines is 1. The second kappa shape index (κ2) is 9.17. The average molecular weight is 414 g/mol. The highest BCUT2D eigenvalue weighted by molar-refractivity contribution is 5.61. The Labute approximate surface area is 170 Å². The molecule has 30 heavy (non-hydrogen) atoms. The minimum absolute atomic E-state index is 0.0894. The maximum Gasteiger partial charge on any atom is 0.416 e. The van der Waals surface area contributed by atoms with Crippen LogP contribution in [0.5, 0.6) is 5.88 Å². The topological polar surface area (TPSA) is 96.6 Å². The maximum absolute atomic E-state index is 13.0. The summed E-state index contributed by atoms with van der Waals surface area (Å²) >= 11 is 0. The van der Waals surface area contributed by atoms with Crippen molar-refractivity contribution in [3.63, 3.8) is 0 Å². The van der Waals surface area contributed by atoms with E-state index in [0.29, 0.717) is 36.8 Å². The Morgan fingerprint density at radius 2 is 1.97 bits per heavy atom. The summed E-state index contributed by atoms with van der Waals surface area (Å²) in [7, 11) is 1.51. The van der Waals surface area contributed by atoms with Crippen LogP contribution >= 0.6 is 0 Å². The predicted octanol–water partition coefficient (Wildman–Crippen LogP) is 3.88. The van der Waals surface area contributed by atoms with Crippen molar-refractivity contribution in [3.05, 3.63) is 59.8 Å². The fourth-order valence-corrected chi connectivity index (χ4v) is 2.71. The zero-order chi connectivity index (χ0) is 21.6. The van der Waals surface area contributed by atoms with E-state index < -0.39 is 11.7 Å². The summed E-state index contributed by atoms with van der Waals surface area (Å²) in [4.78, 5) is 16.2. The molecule has 0 spiro atoms. The second-order valence-corrected chi connectivity index (χ2v) is 6.23. The van der Waals surface area contributed by atoms with Gasteiger partial charge in [0.2, 0.25) is 11.7 Å². The zero-order valence-corrected chi connectivity index (χ0v) is 15.9. The van der Waals surface area contributed by atoms with Gasteiger partial charge in [0.1, 0.15) is 18.2 Å². The van der Waals surface area contributed by atoms with Crippen molar-refractivity contribution >= 4 is 5.82 Å².